The molecule has 132 valence electrons. The van der Waals surface area contributed by atoms with Crippen LogP contribution in [0.25, 0.3) is 0 Å². The second-order valence-electron chi connectivity index (χ2n) is 7.31. The second kappa shape index (κ2) is 8.77. The van der Waals surface area contributed by atoms with Gasteiger partial charge < -0.3 is 5.32 Å². The Hall–Kier alpha value is -0.740. The predicted octanol–water partition coefficient (Wildman–Crippen LogP) is 4.52. The molecule has 2 aliphatic rings. The molecule has 0 bridgehead atoms. The Morgan fingerprint density at radius 2 is 1.12 bits per heavy atom. The van der Waals surface area contributed by atoms with E-state index in [1.54, 1.807) is 10.6 Å². The summed E-state index contributed by atoms with van der Waals surface area (Å²) in [6, 6.07) is 22.6. The zero-order chi connectivity index (χ0) is 16.9. The third-order valence-corrected chi connectivity index (χ3v) is 11.9. The minimum Gasteiger partial charge on any atom is -0.315 e. The molecule has 2 aromatic carbocycles. The van der Waals surface area contributed by atoms with Crippen molar-refractivity contribution < 1.29 is 0 Å². The molecule has 2 fully saturated rings. The number of benzene rings is 2. The first-order valence-corrected chi connectivity index (χ1v) is 12.9. The highest BCUT2D eigenvalue weighted by Gasteiger charge is 2.30. The largest absolute Gasteiger partial charge is 0.315 e. The van der Waals surface area contributed by atoms with Gasteiger partial charge in [-0.1, -0.05) is 76.5 Å². The smallest absolute Gasteiger partial charge is 0.00222 e. The fourth-order valence-electron chi connectivity index (χ4n) is 4.43. The van der Waals surface area contributed by atoms with Crippen molar-refractivity contribution in [1.82, 2.24) is 5.32 Å². The number of hydrogen-bond acceptors (Lipinski definition) is 1. The summed E-state index contributed by atoms with van der Waals surface area (Å²) >= 11 is 0. The molecule has 0 spiro atoms. The number of hydrogen-bond donors (Lipinski definition) is 1. The van der Waals surface area contributed by atoms with Crippen LogP contribution in [0.4, 0.5) is 0 Å². The topological polar surface area (TPSA) is 12.0 Å². The van der Waals surface area contributed by atoms with Gasteiger partial charge in [-0.15, -0.1) is 0 Å². The standard InChI is InChI=1S/C22H29NP2/c1-3-9-19(10-4-1)24-15-7-13-21(24)17-23-18-22-14-8-16-25(22)20-11-5-2-6-12-20/h1-6,9-12,21-23H,7-8,13-18H2/t21-,22+,24-,25-/m1/s1. The average molecular weight is 369 g/mol. The lowest BCUT2D eigenvalue weighted by molar-refractivity contribution is 0.616. The maximum absolute atomic E-state index is 3.90. The van der Waals surface area contributed by atoms with Crippen molar-refractivity contribution in [2.24, 2.45) is 0 Å². The van der Waals surface area contributed by atoms with E-state index in [0.717, 1.165) is 11.3 Å². The van der Waals surface area contributed by atoms with Crippen molar-refractivity contribution in [3.63, 3.8) is 0 Å². The summed E-state index contributed by atoms with van der Waals surface area (Å²) in [5, 5.41) is 7.14. The zero-order valence-electron chi connectivity index (χ0n) is 15.0. The van der Waals surface area contributed by atoms with Gasteiger partial charge in [-0.25, -0.2) is 0 Å². The third-order valence-electron chi connectivity index (χ3n) is 5.69. The molecular weight excluding hydrogens is 340 g/mol. The van der Waals surface area contributed by atoms with Crippen LogP contribution in [0.3, 0.4) is 0 Å². The van der Waals surface area contributed by atoms with Crippen LogP contribution in [0.5, 0.6) is 0 Å². The molecular formula is C22H29NP2. The summed E-state index contributed by atoms with van der Waals surface area (Å²) in [5.74, 6) is 0. The van der Waals surface area contributed by atoms with E-state index in [9.17, 15) is 0 Å². The van der Waals surface area contributed by atoms with Gasteiger partial charge in [-0.3, -0.25) is 0 Å². The highest BCUT2D eigenvalue weighted by Crippen LogP contribution is 2.50. The quantitative estimate of drug-likeness (QED) is 0.739. The Morgan fingerprint density at radius 3 is 1.56 bits per heavy atom. The van der Waals surface area contributed by atoms with Crippen molar-refractivity contribution in [3.8, 4) is 0 Å². The van der Waals surface area contributed by atoms with Crippen LogP contribution >= 0.6 is 15.8 Å². The Bertz CT molecular complexity index is 588. The highest BCUT2D eigenvalue weighted by atomic mass is 31.1. The molecule has 0 aliphatic carbocycles. The maximum Gasteiger partial charge on any atom is 0.00222 e. The minimum atomic E-state index is 0.0605. The van der Waals surface area contributed by atoms with Gasteiger partial charge in [0.1, 0.15) is 0 Å². The zero-order valence-corrected chi connectivity index (χ0v) is 16.8. The Morgan fingerprint density at radius 1 is 0.680 bits per heavy atom. The molecule has 4 rings (SSSR count). The summed E-state index contributed by atoms with van der Waals surface area (Å²) in [7, 11) is 0.121. The van der Waals surface area contributed by atoms with E-state index in [-0.39, 0.29) is 15.8 Å². The van der Waals surface area contributed by atoms with Gasteiger partial charge in [0.15, 0.2) is 0 Å². The molecule has 1 N–H and O–H groups in total. The lowest BCUT2D eigenvalue weighted by Gasteiger charge is -2.24. The normalized spacial score (nSPS) is 29.1. The Kier molecular flexibility index (Phi) is 6.19. The molecule has 1 nitrogen and oxygen atoms in total. The molecule has 2 heterocycles. The van der Waals surface area contributed by atoms with Crippen LogP contribution in [-0.4, -0.2) is 36.7 Å². The van der Waals surface area contributed by atoms with E-state index < -0.39 is 0 Å². The molecule has 0 saturated carbocycles. The van der Waals surface area contributed by atoms with Crippen molar-refractivity contribution >= 4 is 26.5 Å². The van der Waals surface area contributed by atoms with E-state index in [0.29, 0.717) is 0 Å². The molecule has 0 radical (unpaired) electrons. The molecule has 0 amide bonds. The van der Waals surface area contributed by atoms with Crippen LogP contribution in [0.1, 0.15) is 25.7 Å². The summed E-state index contributed by atoms with van der Waals surface area (Å²) in [6.07, 6.45) is 8.56. The van der Waals surface area contributed by atoms with Gasteiger partial charge in [0.25, 0.3) is 0 Å². The summed E-state index contributed by atoms with van der Waals surface area (Å²) in [5.41, 5.74) is 1.78. The van der Waals surface area contributed by atoms with Crippen molar-refractivity contribution in [2.45, 2.75) is 37.0 Å². The van der Waals surface area contributed by atoms with Gasteiger partial charge in [-0.2, -0.15) is 0 Å². The molecule has 2 saturated heterocycles. The van der Waals surface area contributed by atoms with E-state index in [1.165, 1.54) is 51.1 Å². The van der Waals surface area contributed by atoms with E-state index in [1.807, 2.05) is 0 Å². The van der Waals surface area contributed by atoms with Crippen molar-refractivity contribution in [2.75, 3.05) is 25.4 Å². The van der Waals surface area contributed by atoms with Crippen LogP contribution in [0.15, 0.2) is 60.7 Å². The first-order chi connectivity index (χ1) is 12.4. The molecule has 25 heavy (non-hydrogen) atoms. The van der Waals surface area contributed by atoms with E-state index in [4.69, 9.17) is 0 Å². The number of nitrogens with one attached hydrogen (secondary N) is 1. The molecule has 3 heteroatoms. The van der Waals surface area contributed by atoms with E-state index >= 15 is 0 Å². The SMILES string of the molecule is c1ccc([P@@]2CCC[C@@H]2CNC[C@@H]2CCC[P@]2c2ccccc2)cc1. The third kappa shape index (κ3) is 4.33. The van der Waals surface area contributed by atoms with Crippen LogP contribution in [-0.2, 0) is 0 Å². The molecule has 0 unspecified atom stereocenters. The monoisotopic (exact) mass is 369 g/mol. The fourth-order valence-corrected chi connectivity index (χ4v) is 10.4. The predicted molar refractivity (Wildman–Crippen MR) is 115 cm³/mol. The average Bonchev–Trinajstić information content (AvgIpc) is 3.33. The molecule has 0 aromatic heterocycles. The van der Waals surface area contributed by atoms with Gasteiger partial charge in [0, 0.05) is 13.1 Å². The first kappa shape index (κ1) is 17.7. The fraction of sp³-hybridized carbons (Fsp3) is 0.455. The lowest BCUT2D eigenvalue weighted by Crippen LogP contribution is -2.32. The summed E-state index contributed by atoms with van der Waals surface area (Å²) in [4.78, 5) is 0. The maximum atomic E-state index is 3.90. The summed E-state index contributed by atoms with van der Waals surface area (Å²) in [6.45, 7) is 2.46. The van der Waals surface area contributed by atoms with E-state index in [2.05, 4.69) is 66.0 Å². The Labute approximate surface area is 155 Å². The van der Waals surface area contributed by atoms with Gasteiger partial charge >= 0.3 is 0 Å². The molecule has 2 aromatic rings. The van der Waals surface area contributed by atoms with Crippen molar-refractivity contribution in [3.05, 3.63) is 60.7 Å². The van der Waals surface area contributed by atoms with Gasteiger partial charge in [-0.05, 0) is 59.9 Å². The van der Waals surface area contributed by atoms with Crippen LogP contribution < -0.4 is 15.9 Å². The Balaban J connectivity index is 1.31. The van der Waals surface area contributed by atoms with Crippen molar-refractivity contribution in [1.29, 1.82) is 0 Å². The summed E-state index contributed by atoms with van der Waals surface area (Å²) < 4.78 is 0. The van der Waals surface area contributed by atoms with Gasteiger partial charge in [0.05, 0.1) is 0 Å². The second-order valence-corrected chi connectivity index (χ2v) is 12.6. The minimum absolute atomic E-state index is 0.0605. The molecule has 2 aliphatic heterocycles. The molecule has 4 atom stereocenters. The highest BCUT2D eigenvalue weighted by molar-refractivity contribution is 7.67. The van der Waals surface area contributed by atoms with Gasteiger partial charge in [0.2, 0.25) is 0 Å². The number of rotatable bonds is 6. The van der Waals surface area contributed by atoms with Crippen LogP contribution in [0, 0.1) is 0 Å². The lowest BCUT2D eigenvalue weighted by atomic mass is 10.2. The van der Waals surface area contributed by atoms with Crippen LogP contribution in [0.2, 0.25) is 0 Å². The first-order valence-electron chi connectivity index (χ1n) is 9.76.